The van der Waals surface area contributed by atoms with Crippen LogP contribution in [0.3, 0.4) is 0 Å². The van der Waals surface area contributed by atoms with Gasteiger partial charge in [-0.2, -0.15) is 4.98 Å². The van der Waals surface area contributed by atoms with E-state index >= 15 is 0 Å². The molecule has 10 nitrogen and oxygen atoms in total. The second kappa shape index (κ2) is 8.83. The van der Waals surface area contributed by atoms with Gasteiger partial charge in [-0.05, 0) is 18.2 Å². The van der Waals surface area contributed by atoms with Gasteiger partial charge < -0.3 is 19.3 Å². The molecule has 0 saturated heterocycles. The molecule has 3 rings (SSSR count). The summed E-state index contributed by atoms with van der Waals surface area (Å²) in [5.74, 6) is 1.20. The lowest BCUT2D eigenvalue weighted by Gasteiger charge is -2.09. The second-order valence-electron chi connectivity index (χ2n) is 5.90. The number of hydrogen-bond donors (Lipinski definition) is 1. The molecular weight excluding hydrogens is 380 g/mol. The minimum Gasteiger partial charge on any atom is -0.496 e. The summed E-state index contributed by atoms with van der Waals surface area (Å²) in [4.78, 5) is 26.9. The van der Waals surface area contributed by atoms with Crippen LogP contribution in [0.1, 0.15) is 12.3 Å². The van der Waals surface area contributed by atoms with Crippen molar-refractivity contribution in [3.8, 4) is 22.9 Å². The first-order valence-corrected chi connectivity index (χ1v) is 8.60. The monoisotopic (exact) mass is 398 g/mol. The number of hydrogen-bond acceptors (Lipinski definition) is 8. The molecule has 0 aliphatic heterocycles. The Morgan fingerprint density at radius 2 is 1.93 bits per heavy atom. The third-order valence-electron chi connectivity index (χ3n) is 4.05. The number of nitro groups is 1. The van der Waals surface area contributed by atoms with E-state index in [4.69, 9.17) is 14.0 Å². The normalized spacial score (nSPS) is 10.4. The summed E-state index contributed by atoms with van der Waals surface area (Å²) >= 11 is 0. The standard InChI is InChI=1S/C19H18N4O6/c1-27-15-6-4-3-5-13(15)19-21-18(29-22-19)10-9-17(24)20-14-11-12(23(25)26)7-8-16(14)28-2/h3-8,11H,9-10H2,1-2H3,(H,20,24). The lowest BCUT2D eigenvalue weighted by atomic mass is 10.2. The number of nitrogens with zero attached hydrogens (tertiary/aromatic N) is 3. The van der Waals surface area contributed by atoms with Crippen molar-refractivity contribution in [3.63, 3.8) is 0 Å². The first-order chi connectivity index (χ1) is 14.0. The Labute approximate surface area is 165 Å². The molecule has 0 atom stereocenters. The summed E-state index contributed by atoms with van der Waals surface area (Å²) in [6.45, 7) is 0. The van der Waals surface area contributed by atoms with Gasteiger partial charge in [-0.25, -0.2) is 0 Å². The summed E-state index contributed by atoms with van der Waals surface area (Å²) in [5.41, 5.74) is 0.738. The summed E-state index contributed by atoms with van der Waals surface area (Å²) < 4.78 is 15.6. The van der Waals surface area contributed by atoms with E-state index in [2.05, 4.69) is 15.5 Å². The molecule has 0 unspecified atom stereocenters. The Morgan fingerprint density at radius 1 is 1.17 bits per heavy atom. The number of carbonyl (C=O) groups is 1. The fourth-order valence-corrected chi connectivity index (χ4v) is 2.64. The molecule has 1 aromatic heterocycles. The van der Waals surface area contributed by atoms with Gasteiger partial charge in [0.2, 0.25) is 17.6 Å². The number of nitrogens with one attached hydrogen (secondary N) is 1. The van der Waals surface area contributed by atoms with Crippen LogP contribution in [0.5, 0.6) is 11.5 Å². The van der Waals surface area contributed by atoms with Crippen LogP contribution in [0.25, 0.3) is 11.4 Å². The molecule has 0 aliphatic carbocycles. The zero-order valence-electron chi connectivity index (χ0n) is 15.7. The molecule has 3 aromatic rings. The van der Waals surface area contributed by atoms with Crippen molar-refractivity contribution in [2.75, 3.05) is 19.5 Å². The Hall–Kier alpha value is -3.95. The van der Waals surface area contributed by atoms with Gasteiger partial charge in [0.05, 0.1) is 30.4 Å². The van der Waals surface area contributed by atoms with Gasteiger partial charge in [-0.15, -0.1) is 0 Å². The number of amides is 1. The average Bonchev–Trinajstić information content (AvgIpc) is 3.21. The van der Waals surface area contributed by atoms with Gasteiger partial charge in [-0.1, -0.05) is 17.3 Å². The Bertz CT molecular complexity index is 1030. The molecule has 0 fully saturated rings. The lowest BCUT2D eigenvalue weighted by molar-refractivity contribution is -0.384. The number of ether oxygens (including phenoxy) is 2. The van der Waals surface area contributed by atoms with Gasteiger partial charge in [0, 0.05) is 25.0 Å². The van der Waals surface area contributed by atoms with E-state index in [1.807, 2.05) is 12.1 Å². The van der Waals surface area contributed by atoms with Crippen LogP contribution < -0.4 is 14.8 Å². The van der Waals surface area contributed by atoms with Crippen molar-refractivity contribution >= 4 is 17.3 Å². The molecule has 0 radical (unpaired) electrons. The quantitative estimate of drug-likeness (QED) is 0.452. The third kappa shape index (κ3) is 4.67. The van der Waals surface area contributed by atoms with E-state index in [1.54, 1.807) is 19.2 Å². The third-order valence-corrected chi connectivity index (χ3v) is 4.05. The lowest BCUT2D eigenvalue weighted by Crippen LogP contribution is -2.13. The number of rotatable bonds is 8. The van der Waals surface area contributed by atoms with E-state index in [0.29, 0.717) is 22.9 Å². The Kier molecular flexibility index (Phi) is 6.03. The number of aromatic nitrogens is 2. The number of carbonyl (C=O) groups excluding carboxylic acids is 1. The van der Waals surface area contributed by atoms with Gasteiger partial charge >= 0.3 is 0 Å². The average molecular weight is 398 g/mol. The number of benzene rings is 2. The van der Waals surface area contributed by atoms with Crippen molar-refractivity contribution in [2.24, 2.45) is 0 Å². The van der Waals surface area contributed by atoms with Crippen molar-refractivity contribution < 1.29 is 23.7 Å². The molecule has 29 heavy (non-hydrogen) atoms. The predicted octanol–water partition coefficient (Wildman–Crippen LogP) is 3.23. The van der Waals surface area contributed by atoms with Crippen LogP contribution in [0.15, 0.2) is 47.0 Å². The number of para-hydroxylation sites is 1. The highest BCUT2D eigenvalue weighted by atomic mass is 16.6. The van der Waals surface area contributed by atoms with E-state index in [1.165, 1.54) is 25.3 Å². The van der Waals surface area contributed by atoms with Crippen molar-refractivity contribution in [3.05, 3.63) is 58.5 Å². The highest BCUT2D eigenvalue weighted by Crippen LogP contribution is 2.29. The van der Waals surface area contributed by atoms with Gasteiger partial charge in [0.15, 0.2) is 0 Å². The summed E-state index contributed by atoms with van der Waals surface area (Å²) in [7, 11) is 2.96. The first kappa shape index (κ1) is 19.8. The largest absolute Gasteiger partial charge is 0.496 e. The molecule has 1 amide bonds. The SMILES string of the molecule is COc1ccc([N+](=O)[O-])cc1NC(=O)CCc1nc(-c2ccccc2OC)no1. The molecule has 0 aliphatic rings. The first-order valence-electron chi connectivity index (χ1n) is 8.60. The summed E-state index contributed by atoms with van der Waals surface area (Å²) in [5, 5.41) is 17.5. The highest BCUT2D eigenvalue weighted by Gasteiger charge is 2.16. The van der Waals surface area contributed by atoms with Crippen LogP contribution in [-0.4, -0.2) is 35.2 Å². The van der Waals surface area contributed by atoms with Crippen LogP contribution in [0, 0.1) is 10.1 Å². The fraction of sp³-hybridized carbons (Fsp3) is 0.211. The Balaban J connectivity index is 1.66. The minimum absolute atomic E-state index is 0.0411. The van der Waals surface area contributed by atoms with Gasteiger partial charge in [0.1, 0.15) is 11.5 Å². The molecule has 0 saturated carbocycles. The van der Waals surface area contributed by atoms with Crippen molar-refractivity contribution in [1.29, 1.82) is 0 Å². The maximum absolute atomic E-state index is 12.3. The molecule has 150 valence electrons. The van der Waals surface area contributed by atoms with E-state index in [0.717, 1.165) is 0 Å². The molecule has 10 heteroatoms. The molecular formula is C19H18N4O6. The number of non-ortho nitro benzene ring substituents is 1. The Morgan fingerprint density at radius 3 is 2.66 bits per heavy atom. The van der Waals surface area contributed by atoms with E-state index in [-0.39, 0.29) is 36.0 Å². The van der Waals surface area contributed by atoms with Gasteiger partial charge in [0.25, 0.3) is 5.69 Å². The van der Waals surface area contributed by atoms with Crippen molar-refractivity contribution in [1.82, 2.24) is 10.1 Å². The van der Waals surface area contributed by atoms with Crippen LogP contribution in [0.2, 0.25) is 0 Å². The van der Waals surface area contributed by atoms with E-state index in [9.17, 15) is 14.9 Å². The smallest absolute Gasteiger partial charge is 0.271 e. The van der Waals surface area contributed by atoms with Gasteiger partial charge in [-0.3, -0.25) is 14.9 Å². The summed E-state index contributed by atoms with van der Waals surface area (Å²) in [6.07, 6.45) is 0.241. The predicted molar refractivity (Wildman–Crippen MR) is 103 cm³/mol. The zero-order chi connectivity index (χ0) is 20.8. The van der Waals surface area contributed by atoms with Crippen molar-refractivity contribution in [2.45, 2.75) is 12.8 Å². The van der Waals surface area contributed by atoms with Crippen LogP contribution in [-0.2, 0) is 11.2 Å². The fourth-order valence-electron chi connectivity index (χ4n) is 2.64. The molecule has 2 aromatic carbocycles. The highest BCUT2D eigenvalue weighted by molar-refractivity contribution is 5.92. The zero-order valence-corrected chi connectivity index (χ0v) is 15.7. The topological polar surface area (TPSA) is 130 Å². The number of anilines is 1. The maximum atomic E-state index is 12.3. The molecule has 0 bridgehead atoms. The number of nitro benzene ring substituents is 1. The van der Waals surface area contributed by atoms with Crippen LogP contribution in [0.4, 0.5) is 11.4 Å². The second-order valence-corrected chi connectivity index (χ2v) is 5.90. The molecule has 1 N–H and O–H groups in total. The molecule has 1 heterocycles. The maximum Gasteiger partial charge on any atom is 0.271 e. The summed E-state index contributed by atoms with van der Waals surface area (Å²) in [6, 6.07) is 11.2. The number of methoxy groups -OCH3 is 2. The number of aryl methyl sites for hydroxylation is 1. The minimum atomic E-state index is -0.549. The van der Waals surface area contributed by atoms with Crippen LogP contribution >= 0.6 is 0 Å². The van der Waals surface area contributed by atoms with E-state index < -0.39 is 4.92 Å². The molecule has 0 spiro atoms.